The van der Waals surface area contributed by atoms with E-state index in [0.717, 1.165) is 42.0 Å². The Morgan fingerprint density at radius 2 is 1.76 bits per heavy atom. The lowest BCUT2D eigenvalue weighted by Crippen LogP contribution is -2.52. The third-order valence-corrected chi connectivity index (χ3v) is 8.42. The second-order valence-corrected chi connectivity index (χ2v) is 11.1. The summed E-state index contributed by atoms with van der Waals surface area (Å²) in [4.78, 5) is 12.3. The normalized spacial score (nSPS) is 19.6. The van der Waals surface area contributed by atoms with Gasteiger partial charge in [0.15, 0.2) is 0 Å². The highest BCUT2D eigenvalue weighted by molar-refractivity contribution is 6.13. The molecule has 0 bridgehead atoms. The Hall–Kier alpha value is -2.96. The van der Waals surface area contributed by atoms with Gasteiger partial charge in [-0.3, -0.25) is 9.89 Å². The average molecular weight is 516 g/mol. The van der Waals surface area contributed by atoms with Crippen molar-refractivity contribution in [3.63, 3.8) is 0 Å². The number of likely N-dealkylation sites (N-methyl/N-ethyl adjacent to an activating group) is 1. The summed E-state index contributed by atoms with van der Waals surface area (Å²) in [6, 6.07) is 15.7. The molecule has 2 fully saturated rings. The molecule has 0 radical (unpaired) electrons. The van der Waals surface area contributed by atoms with Crippen LogP contribution in [0.15, 0.2) is 65.9 Å². The first-order valence-corrected chi connectivity index (χ1v) is 14.1. The molecule has 2 aromatic carbocycles. The number of aryl methyl sites for hydroxylation is 2. The molecule has 0 saturated carbocycles. The van der Waals surface area contributed by atoms with E-state index in [1.54, 1.807) is 13.1 Å². The van der Waals surface area contributed by atoms with Gasteiger partial charge in [0.25, 0.3) is 0 Å². The van der Waals surface area contributed by atoms with Crippen LogP contribution in [0.4, 0.5) is 10.1 Å². The smallest absolute Gasteiger partial charge is 0.140 e. The van der Waals surface area contributed by atoms with Gasteiger partial charge in [-0.2, -0.15) is 0 Å². The Bertz CT molecular complexity index is 1290. The van der Waals surface area contributed by atoms with Gasteiger partial charge in [-0.05, 0) is 69.5 Å². The SMILES string of the molecule is Cc1cc(N2CCC(N3CCN(C)CC3)CC2)ccc1CC=CN=C(c1cn(C)c2ccccc12)C(C)F. The molecule has 3 aromatic rings. The Morgan fingerprint density at radius 3 is 2.47 bits per heavy atom. The van der Waals surface area contributed by atoms with Crippen LogP contribution in [0, 0.1) is 6.92 Å². The summed E-state index contributed by atoms with van der Waals surface area (Å²) in [6.45, 7) is 10.8. The van der Waals surface area contributed by atoms with Crippen molar-refractivity contribution < 1.29 is 4.39 Å². The van der Waals surface area contributed by atoms with Crippen molar-refractivity contribution in [3.05, 3.63) is 77.6 Å². The summed E-state index contributed by atoms with van der Waals surface area (Å²) >= 11 is 0. The summed E-state index contributed by atoms with van der Waals surface area (Å²) in [6.07, 6.45) is 7.91. The van der Waals surface area contributed by atoms with Crippen LogP contribution >= 0.6 is 0 Å². The molecule has 1 atom stereocenters. The number of piperazine rings is 1. The number of aromatic nitrogens is 1. The Labute approximate surface area is 227 Å². The van der Waals surface area contributed by atoms with Crippen LogP contribution in [0.3, 0.4) is 0 Å². The lowest BCUT2D eigenvalue weighted by Gasteiger charge is -2.42. The molecule has 2 aliphatic heterocycles. The summed E-state index contributed by atoms with van der Waals surface area (Å²) in [5.74, 6) is 0. The summed E-state index contributed by atoms with van der Waals surface area (Å²) in [5.41, 5.74) is 6.33. The van der Waals surface area contributed by atoms with Crippen molar-refractivity contribution in [3.8, 4) is 0 Å². The summed E-state index contributed by atoms with van der Waals surface area (Å²) in [5, 5.41) is 1.03. The van der Waals surface area contributed by atoms with Crippen LogP contribution in [0.2, 0.25) is 0 Å². The number of para-hydroxylation sites is 1. The molecule has 38 heavy (non-hydrogen) atoms. The fraction of sp³-hybridized carbons (Fsp3) is 0.469. The van der Waals surface area contributed by atoms with E-state index >= 15 is 0 Å². The lowest BCUT2D eigenvalue weighted by atomic mass is 10.00. The standard InChI is InChI=1S/C32H42FN5/c1-24-22-28(37-16-13-27(14-17-37)38-20-18-35(3)19-21-38)12-11-26(24)8-7-15-34-32(25(2)33)30-23-36(4)31-10-6-5-9-29(30)31/h5-7,9-12,15,22-23,25,27H,8,13-14,16-21H2,1-4H3. The number of hydrogen-bond donors (Lipinski definition) is 0. The molecule has 5 rings (SSSR count). The molecular weight excluding hydrogens is 473 g/mol. The number of rotatable bonds is 7. The van der Waals surface area contributed by atoms with E-state index in [9.17, 15) is 4.39 Å². The first-order chi connectivity index (χ1) is 18.4. The summed E-state index contributed by atoms with van der Waals surface area (Å²) in [7, 11) is 4.22. The molecule has 0 N–H and O–H groups in total. The average Bonchev–Trinajstić information content (AvgIpc) is 3.25. The van der Waals surface area contributed by atoms with E-state index in [2.05, 4.69) is 57.9 Å². The third-order valence-electron chi connectivity index (χ3n) is 8.42. The number of hydrogen-bond acceptors (Lipinski definition) is 4. The van der Waals surface area contributed by atoms with Crippen molar-refractivity contribution in [2.24, 2.45) is 12.0 Å². The van der Waals surface area contributed by atoms with E-state index in [1.165, 1.54) is 55.8 Å². The van der Waals surface area contributed by atoms with E-state index in [-0.39, 0.29) is 0 Å². The fourth-order valence-corrected chi connectivity index (χ4v) is 6.03. The largest absolute Gasteiger partial charge is 0.371 e. The van der Waals surface area contributed by atoms with Gasteiger partial charge in [0.05, 0.1) is 5.71 Å². The van der Waals surface area contributed by atoms with Gasteiger partial charge < -0.3 is 14.4 Å². The molecular formula is C32H42FN5. The zero-order valence-corrected chi connectivity index (χ0v) is 23.4. The van der Waals surface area contributed by atoms with Gasteiger partial charge >= 0.3 is 0 Å². The number of anilines is 1. The van der Waals surface area contributed by atoms with Gasteiger partial charge in [0, 0.05) is 86.9 Å². The first-order valence-electron chi connectivity index (χ1n) is 14.1. The fourth-order valence-electron chi connectivity index (χ4n) is 6.03. The molecule has 6 heteroatoms. The minimum Gasteiger partial charge on any atom is -0.371 e. The third kappa shape index (κ3) is 5.87. The number of aliphatic imine (C=N–C) groups is 1. The second-order valence-electron chi connectivity index (χ2n) is 11.1. The monoisotopic (exact) mass is 515 g/mol. The van der Waals surface area contributed by atoms with Crippen LogP contribution in [0.1, 0.15) is 36.5 Å². The van der Waals surface area contributed by atoms with Crippen molar-refractivity contribution in [1.29, 1.82) is 0 Å². The van der Waals surface area contributed by atoms with Crippen molar-refractivity contribution in [2.45, 2.75) is 45.3 Å². The quantitative estimate of drug-likeness (QED) is 0.383. The van der Waals surface area contributed by atoms with Crippen LogP contribution in [0.5, 0.6) is 0 Å². The molecule has 2 aliphatic rings. The number of halogens is 1. The molecule has 0 spiro atoms. The van der Waals surface area contributed by atoms with Crippen molar-refractivity contribution >= 4 is 22.3 Å². The number of alkyl halides is 1. The number of benzene rings is 2. The van der Waals surface area contributed by atoms with E-state index in [4.69, 9.17) is 0 Å². The maximum absolute atomic E-state index is 14.6. The Kier molecular flexibility index (Phi) is 8.29. The van der Waals surface area contributed by atoms with Crippen LogP contribution < -0.4 is 4.90 Å². The molecule has 202 valence electrons. The number of allylic oxidation sites excluding steroid dienone is 1. The zero-order chi connectivity index (χ0) is 26.6. The highest BCUT2D eigenvalue weighted by Gasteiger charge is 2.26. The molecule has 0 aliphatic carbocycles. The van der Waals surface area contributed by atoms with Crippen LogP contribution in [-0.2, 0) is 13.5 Å². The van der Waals surface area contributed by atoms with Gasteiger partial charge in [-0.1, -0.05) is 30.3 Å². The maximum atomic E-state index is 14.6. The van der Waals surface area contributed by atoms with Gasteiger partial charge in [-0.15, -0.1) is 0 Å². The zero-order valence-electron chi connectivity index (χ0n) is 23.4. The van der Waals surface area contributed by atoms with E-state index < -0.39 is 6.17 Å². The Balaban J connectivity index is 1.20. The van der Waals surface area contributed by atoms with Gasteiger partial charge in [0.2, 0.25) is 0 Å². The highest BCUT2D eigenvalue weighted by atomic mass is 19.1. The van der Waals surface area contributed by atoms with Crippen LogP contribution in [-0.4, -0.2) is 78.6 Å². The molecule has 5 nitrogen and oxygen atoms in total. The maximum Gasteiger partial charge on any atom is 0.140 e. The van der Waals surface area contributed by atoms with Crippen molar-refractivity contribution in [1.82, 2.24) is 14.4 Å². The topological polar surface area (TPSA) is 27.0 Å². The van der Waals surface area contributed by atoms with E-state index in [0.29, 0.717) is 5.71 Å². The van der Waals surface area contributed by atoms with Gasteiger partial charge in [0.1, 0.15) is 6.17 Å². The predicted octanol–water partition coefficient (Wildman–Crippen LogP) is 5.61. The summed E-state index contributed by atoms with van der Waals surface area (Å²) < 4.78 is 16.6. The first kappa shape index (κ1) is 26.6. The number of fused-ring (bicyclic) bond motifs is 1. The second kappa shape index (κ2) is 11.8. The molecule has 3 heterocycles. The Morgan fingerprint density at radius 1 is 1.03 bits per heavy atom. The van der Waals surface area contributed by atoms with Crippen molar-refractivity contribution in [2.75, 3.05) is 51.2 Å². The molecule has 1 unspecified atom stereocenters. The van der Waals surface area contributed by atoms with Crippen LogP contribution in [0.25, 0.3) is 10.9 Å². The molecule has 2 saturated heterocycles. The number of piperidine rings is 1. The van der Waals surface area contributed by atoms with Gasteiger partial charge in [-0.25, -0.2) is 4.39 Å². The van der Waals surface area contributed by atoms with E-state index in [1.807, 2.05) is 42.1 Å². The minimum absolute atomic E-state index is 0.477. The highest BCUT2D eigenvalue weighted by Crippen LogP contribution is 2.26. The number of nitrogens with zero attached hydrogens (tertiary/aromatic N) is 5. The lowest BCUT2D eigenvalue weighted by molar-refractivity contribution is 0.0982. The predicted molar refractivity (Wildman–Crippen MR) is 158 cm³/mol. The molecule has 0 amide bonds. The molecule has 1 aromatic heterocycles. The minimum atomic E-state index is -1.15.